The largest absolute Gasteiger partial charge is 0.462 e. The summed E-state index contributed by atoms with van der Waals surface area (Å²) in [5.41, 5.74) is 0.843. The van der Waals surface area contributed by atoms with Crippen molar-refractivity contribution in [3.63, 3.8) is 0 Å². The van der Waals surface area contributed by atoms with Crippen LogP contribution in [0.15, 0.2) is 24.3 Å². The number of carbonyl (C=O) groups is 3. The van der Waals surface area contributed by atoms with E-state index in [1.807, 2.05) is 13.8 Å². The van der Waals surface area contributed by atoms with Crippen LogP contribution in [0.4, 0.5) is 5.69 Å². The molecule has 6 nitrogen and oxygen atoms in total. The van der Waals surface area contributed by atoms with E-state index in [0.29, 0.717) is 24.4 Å². The summed E-state index contributed by atoms with van der Waals surface area (Å²) < 4.78 is 4.99. The van der Waals surface area contributed by atoms with Gasteiger partial charge in [-0.15, -0.1) is 0 Å². The standard InChI is InChI=1S/C15H20N2O4/c1-3-9-16-13(18)14(19)17-12-7-5-11(6-8-12)15(20)21-10-4-2/h5-8H,3-4,9-10H2,1-2H3,(H,16,18)(H,17,19). The maximum absolute atomic E-state index is 11.6. The third-order valence-corrected chi connectivity index (χ3v) is 2.56. The van der Waals surface area contributed by atoms with Gasteiger partial charge in [-0.25, -0.2) is 4.79 Å². The first-order valence-electron chi connectivity index (χ1n) is 6.94. The number of anilines is 1. The van der Waals surface area contributed by atoms with Gasteiger partial charge in [0, 0.05) is 12.2 Å². The van der Waals surface area contributed by atoms with E-state index in [4.69, 9.17) is 4.74 Å². The Morgan fingerprint density at radius 3 is 2.24 bits per heavy atom. The Morgan fingerprint density at radius 1 is 1.00 bits per heavy atom. The van der Waals surface area contributed by atoms with E-state index in [2.05, 4.69) is 10.6 Å². The van der Waals surface area contributed by atoms with Crippen LogP contribution >= 0.6 is 0 Å². The van der Waals surface area contributed by atoms with Crippen molar-refractivity contribution in [2.45, 2.75) is 26.7 Å². The Balaban J connectivity index is 2.56. The highest BCUT2D eigenvalue weighted by atomic mass is 16.5. The van der Waals surface area contributed by atoms with Gasteiger partial charge in [-0.1, -0.05) is 13.8 Å². The highest BCUT2D eigenvalue weighted by molar-refractivity contribution is 6.39. The van der Waals surface area contributed by atoms with Crippen LogP contribution in [0.3, 0.4) is 0 Å². The van der Waals surface area contributed by atoms with E-state index in [-0.39, 0.29) is 0 Å². The second-order valence-corrected chi connectivity index (χ2v) is 4.42. The van der Waals surface area contributed by atoms with Gasteiger partial charge >= 0.3 is 17.8 Å². The maximum atomic E-state index is 11.6. The number of carbonyl (C=O) groups excluding carboxylic acids is 3. The van der Waals surface area contributed by atoms with E-state index < -0.39 is 17.8 Å². The lowest BCUT2D eigenvalue weighted by Crippen LogP contribution is -2.35. The first-order chi connectivity index (χ1) is 10.1. The van der Waals surface area contributed by atoms with E-state index >= 15 is 0 Å². The Labute approximate surface area is 123 Å². The molecule has 0 atom stereocenters. The second kappa shape index (κ2) is 8.73. The minimum Gasteiger partial charge on any atom is -0.462 e. The Kier molecular flexibility index (Phi) is 6.94. The monoisotopic (exact) mass is 292 g/mol. The summed E-state index contributed by atoms with van der Waals surface area (Å²) >= 11 is 0. The molecule has 1 aromatic rings. The van der Waals surface area contributed by atoms with E-state index in [0.717, 1.165) is 12.8 Å². The summed E-state index contributed by atoms with van der Waals surface area (Å²) in [6.45, 7) is 4.63. The summed E-state index contributed by atoms with van der Waals surface area (Å²) in [7, 11) is 0. The molecule has 21 heavy (non-hydrogen) atoms. The van der Waals surface area contributed by atoms with Crippen LogP contribution in [0.2, 0.25) is 0 Å². The van der Waals surface area contributed by atoms with Gasteiger partial charge < -0.3 is 15.4 Å². The molecule has 1 aromatic carbocycles. The van der Waals surface area contributed by atoms with Gasteiger partial charge in [0.2, 0.25) is 0 Å². The third-order valence-electron chi connectivity index (χ3n) is 2.56. The zero-order valence-corrected chi connectivity index (χ0v) is 12.3. The molecular weight excluding hydrogens is 272 g/mol. The minimum absolute atomic E-state index is 0.370. The summed E-state index contributed by atoms with van der Waals surface area (Å²) in [5, 5.41) is 4.94. The van der Waals surface area contributed by atoms with Gasteiger partial charge in [-0.05, 0) is 37.1 Å². The number of rotatable bonds is 6. The van der Waals surface area contributed by atoms with Crippen molar-refractivity contribution in [1.82, 2.24) is 5.32 Å². The molecule has 2 N–H and O–H groups in total. The lowest BCUT2D eigenvalue weighted by molar-refractivity contribution is -0.136. The molecule has 0 aromatic heterocycles. The van der Waals surface area contributed by atoms with Gasteiger partial charge in [0.25, 0.3) is 0 Å². The molecule has 0 aliphatic heterocycles. The highest BCUT2D eigenvalue weighted by Gasteiger charge is 2.13. The number of hydrogen-bond donors (Lipinski definition) is 2. The number of hydrogen-bond acceptors (Lipinski definition) is 4. The van der Waals surface area contributed by atoms with Crippen LogP contribution in [-0.2, 0) is 14.3 Å². The molecule has 0 spiro atoms. The summed E-state index contributed by atoms with van der Waals surface area (Å²) in [5.74, 6) is -1.82. The molecule has 2 amide bonds. The normalized spacial score (nSPS) is 9.81. The molecule has 0 saturated carbocycles. The third kappa shape index (κ3) is 5.64. The maximum Gasteiger partial charge on any atom is 0.338 e. The molecule has 0 aliphatic carbocycles. The Bertz CT molecular complexity index is 497. The highest BCUT2D eigenvalue weighted by Crippen LogP contribution is 2.10. The Morgan fingerprint density at radius 2 is 1.67 bits per heavy atom. The van der Waals surface area contributed by atoms with Crippen LogP contribution in [-0.4, -0.2) is 30.9 Å². The zero-order chi connectivity index (χ0) is 15.7. The van der Waals surface area contributed by atoms with Crippen molar-refractivity contribution in [2.24, 2.45) is 0 Å². The Hall–Kier alpha value is -2.37. The van der Waals surface area contributed by atoms with Gasteiger partial charge in [0.15, 0.2) is 0 Å². The average Bonchev–Trinajstić information content (AvgIpc) is 2.50. The number of esters is 1. The SMILES string of the molecule is CCCNC(=O)C(=O)Nc1ccc(C(=O)OCCC)cc1. The van der Waals surface area contributed by atoms with Crippen molar-refractivity contribution >= 4 is 23.5 Å². The summed E-state index contributed by atoms with van der Waals surface area (Å²) in [6, 6.07) is 6.18. The van der Waals surface area contributed by atoms with E-state index in [1.54, 1.807) is 12.1 Å². The van der Waals surface area contributed by atoms with E-state index in [9.17, 15) is 14.4 Å². The minimum atomic E-state index is -0.732. The van der Waals surface area contributed by atoms with Crippen molar-refractivity contribution in [1.29, 1.82) is 0 Å². The van der Waals surface area contributed by atoms with Crippen molar-refractivity contribution in [2.75, 3.05) is 18.5 Å². The first kappa shape index (κ1) is 16.7. The molecule has 0 radical (unpaired) electrons. The van der Waals surface area contributed by atoms with Crippen LogP contribution in [0.5, 0.6) is 0 Å². The molecule has 0 unspecified atom stereocenters. The summed E-state index contributed by atoms with van der Waals surface area (Å²) in [4.78, 5) is 34.6. The molecule has 0 aliphatic rings. The average molecular weight is 292 g/mol. The predicted molar refractivity (Wildman–Crippen MR) is 78.9 cm³/mol. The molecule has 0 saturated heterocycles. The van der Waals surface area contributed by atoms with Gasteiger partial charge in [0.1, 0.15) is 0 Å². The van der Waals surface area contributed by atoms with Crippen LogP contribution in [0.1, 0.15) is 37.0 Å². The quantitative estimate of drug-likeness (QED) is 0.617. The zero-order valence-electron chi connectivity index (χ0n) is 12.3. The first-order valence-corrected chi connectivity index (χ1v) is 6.94. The van der Waals surface area contributed by atoms with Crippen LogP contribution < -0.4 is 10.6 Å². The smallest absolute Gasteiger partial charge is 0.338 e. The molecule has 114 valence electrons. The molecule has 0 bridgehead atoms. The summed E-state index contributed by atoms with van der Waals surface area (Å²) in [6.07, 6.45) is 1.51. The lowest BCUT2D eigenvalue weighted by Gasteiger charge is -2.07. The number of benzene rings is 1. The number of nitrogens with one attached hydrogen (secondary N) is 2. The predicted octanol–water partition coefficient (Wildman–Crippen LogP) is 1.72. The molecule has 0 fully saturated rings. The van der Waals surface area contributed by atoms with Crippen molar-refractivity contribution in [3.05, 3.63) is 29.8 Å². The lowest BCUT2D eigenvalue weighted by atomic mass is 10.2. The van der Waals surface area contributed by atoms with Gasteiger partial charge in [-0.2, -0.15) is 0 Å². The van der Waals surface area contributed by atoms with Crippen molar-refractivity contribution in [3.8, 4) is 0 Å². The van der Waals surface area contributed by atoms with Crippen LogP contribution in [0.25, 0.3) is 0 Å². The molecular formula is C15H20N2O4. The van der Waals surface area contributed by atoms with Gasteiger partial charge in [0.05, 0.1) is 12.2 Å². The second-order valence-electron chi connectivity index (χ2n) is 4.42. The number of amides is 2. The van der Waals surface area contributed by atoms with Gasteiger partial charge in [-0.3, -0.25) is 9.59 Å². The fourth-order valence-electron chi connectivity index (χ4n) is 1.47. The van der Waals surface area contributed by atoms with E-state index in [1.165, 1.54) is 12.1 Å². The van der Waals surface area contributed by atoms with Crippen LogP contribution in [0, 0.1) is 0 Å². The fraction of sp³-hybridized carbons (Fsp3) is 0.400. The fourth-order valence-corrected chi connectivity index (χ4v) is 1.47. The van der Waals surface area contributed by atoms with Crippen molar-refractivity contribution < 1.29 is 19.1 Å². The number of ether oxygens (including phenoxy) is 1. The molecule has 0 heterocycles. The topological polar surface area (TPSA) is 84.5 Å². The molecule has 6 heteroatoms. The molecule has 1 rings (SSSR count).